The van der Waals surface area contributed by atoms with Crippen molar-refractivity contribution < 1.29 is 4.79 Å². The standard InChI is InChI=1S/C8H5ClN2O/c9-8-6(4-12)5-1-2-10-3-7(5)11-8/h1-4,11H. The average molecular weight is 181 g/mol. The second-order valence-electron chi connectivity index (χ2n) is 2.39. The number of hydrogen-bond donors (Lipinski definition) is 1. The quantitative estimate of drug-likeness (QED) is 0.683. The van der Waals surface area contributed by atoms with Crippen molar-refractivity contribution in [1.29, 1.82) is 0 Å². The molecule has 12 heavy (non-hydrogen) atoms. The topological polar surface area (TPSA) is 45.8 Å². The van der Waals surface area contributed by atoms with Crippen LogP contribution in [0.2, 0.25) is 5.15 Å². The van der Waals surface area contributed by atoms with Crippen LogP contribution in [0.15, 0.2) is 18.5 Å². The Morgan fingerprint density at radius 1 is 1.58 bits per heavy atom. The van der Waals surface area contributed by atoms with Crippen LogP contribution in [-0.4, -0.2) is 16.3 Å². The average Bonchev–Trinajstić information content (AvgIpc) is 2.40. The Labute approximate surface area is 73.4 Å². The van der Waals surface area contributed by atoms with Gasteiger partial charge >= 0.3 is 0 Å². The van der Waals surface area contributed by atoms with Gasteiger partial charge in [-0.2, -0.15) is 0 Å². The van der Waals surface area contributed by atoms with E-state index in [2.05, 4.69) is 9.97 Å². The molecule has 0 bridgehead atoms. The summed E-state index contributed by atoms with van der Waals surface area (Å²) in [5.74, 6) is 0. The Morgan fingerprint density at radius 2 is 2.42 bits per heavy atom. The smallest absolute Gasteiger partial charge is 0.153 e. The fourth-order valence-corrected chi connectivity index (χ4v) is 1.40. The Kier molecular flexibility index (Phi) is 1.59. The highest BCUT2D eigenvalue weighted by atomic mass is 35.5. The third-order valence-corrected chi connectivity index (χ3v) is 2.01. The van der Waals surface area contributed by atoms with E-state index in [9.17, 15) is 4.79 Å². The summed E-state index contributed by atoms with van der Waals surface area (Å²) in [7, 11) is 0. The van der Waals surface area contributed by atoms with Crippen LogP contribution >= 0.6 is 11.6 Å². The fourth-order valence-electron chi connectivity index (χ4n) is 1.15. The molecular formula is C8H5ClN2O. The molecule has 2 heterocycles. The maximum absolute atomic E-state index is 10.6. The number of aromatic amines is 1. The van der Waals surface area contributed by atoms with Gasteiger partial charge in [0.15, 0.2) is 6.29 Å². The van der Waals surface area contributed by atoms with Crippen molar-refractivity contribution in [3.63, 3.8) is 0 Å². The van der Waals surface area contributed by atoms with Gasteiger partial charge in [-0.15, -0.1) is 0 Å². The second-order valence-corrected chi connectivity index (χ2v) is 2.77. The number of carbonyl (C=O) groups excluding carboxylic acids is 1. The largest absolute Gasteiger partial charge is 0.344 e. The number of H-pyrrole nitrogens is 1. The molecule has 0 fully saturated rings. The van der Waals surface area contributed by atoms with Gasteiger partial charge < -0.3 is 4.98 Å². The molecule has 4 heteroatoms. The molecule has 0 saturated heterocycles. The van der Waals surface area contributed by atoms with Crippen molar-refractivity contribution >= 4 is 28.8 Å². The number of nitrogens with zero attached hydrogens (tertiary/aromatic N) is 1. The summed E-state index contributed by atoms with van der Waals surface area (Å²) in [6, 6.07) is 1.75. The molecule has 0 aliphatic carbocycles. The first-order chi connectivity index (χ1) is 5.83. The van der Waals surface area contributed by atoms with Crippen molar-refractivity contribution in [2.75, 3.05) is 0 Å². The van der Waals surface area contributed by atoms with Crippen LogP contribution in [-0.2, 0) is 0 Å². The van der Waals surface area contributed by atoms with Crippen molar-refractivity contribution in [2.45, 2.75) is 0 Å². The lowest BCUT2D eigenvalue weighted by Gasteiger charge is -1.86. The minimum absolute atomic E-state index is 0.369. The molecular weight excluding hydrogens is 176 g/mol. The van der Waals surface area contributed by atoms with Crippen LogP contribution in [0.4, 0.5) is 0 Å². The van der Waals surface area contributed by atoms with Crippen LogP contribution in [0.25, 0.3) is 10.9 Å². The van der Waals surface area contributed by atoms with Gasteiger partial charge in [0, 0.05) is 11.6 Å². The number of rotatable bonds is 1. The Hall–Kier alpha value is -1.35. The summed E-state index contributed by atoms with van der Waals surface area (Å²) < 4.78 is 0. The molecule has 0 aliphatic rings. The number of fused-ring (bicyclic) bond motifs is 1. The zero-order chi connectivity index (χ0) is 8.55. The highest BCUT2D eigenvalue weighted by Crippen LogP contribution is 2.22. The molecule has 0 spiro atoms. The van der Waals surface area contributed by atoms with E-state index in [1.54, 1.807) is 18.5 Å². The number of aromatic nitrogens is 2. The SMILES string of the molecule is O=Cc1c(Cl)[nH]c2cnccc12. The molecule has 0 saturated carbocycles. The molecule has 0 aliphatic heterocycles. The van der Waals surface area contributed by atoms with Crippen molar-refractivity contribution in [1.82, 2.24) is 9.97 Å². The minimum Gasteiger partial charge on any atom is -0.344 e. The van der Waals surface area contributed by atoms with E-state index in [1.165, 1.54) is 0 Å². The number of halogens is 1. The predicted octanol–water partition coefficient (Wildman–Crippen LogP) is 2.03. The van der Waals surface area contributed by atoms with Crippen molar-refractivity contribution in [2.24, 2.45) is 0 Å². The van der Waals surface area contributed by atoms with Crippen LogP contribution in [0, 0.1) is 0 Å². The highest BCUT2D eigenvalue weighted by Gasteiger charge is 2.07. The molecule has 0 unspecified atom stereocenters. The Morgan fingerprint density at radius 3 is 3.17 bits per heavy atom. The van der Waals surface area contributed by atoms with E-state index in [0.717, 1.165) is 17.2 Å². The maximum Gasteiger partial charge on any atom is 0.153 e. The molecule has 0 amide bonds. The first-order valence-corrected chi connectivity index (χ1v) is 3.77. The lowest BCUT2D eigenvalue weighted by Crippen LogP contribution is -1.76. The Balaban J connectivity index is 2.90. The monoisotopic (exact) mass is 180 g/mol. The lowest BCUT2D eigenvalue weighted by molar-refractivity contribution is 0.112. The highest BCUT2D eigenvalue weighted by molar-refractivity contribution is 6.33. The van der Waals surface area contributed by atoms with Gasteiger partial charge in [0.05, 0.1) is 17.3 Å². The van der Waals surface area contributed by atoms with E-state index >= 15 is 0 Å². The predicted molar refractivity (Wildman–Crippen MR) is 46.5 cm³/mol. The fraction of sp³-hybridized carbons (Fsp3) is 0. The molecule has 0 atom stereocenters. The molecule has 2 aromatic heterocycles. The molecule has 1 N–H and O–H groups in total. The zero-order valence-electron chi connectivity index (χ0n) is 6.04. The summed E-state index contributed by atoms with van der Waals surface area (Å²) >= 11 is 5.75. The minimum atomic E-state index is 0.369. The summed E-state index contributed by atoms with van der Waals surface area (Å²) in [5.41, 5.74) is 1.28. The second kappa shape index (κ2) is 2.60. The molecule has 2 aromatic rings. The lowest BCUT2D eigenvalue weighted by atomic mass is 10.2. The van der Waals surface area contributed by atoms with E-state index in [0.29, 0.717) is 10.7 Å². The first kappa shape index (κ1) is 7.31. The Bertz CT molecular complexity index is 436. The summed E-state index contributed by atoms with van der Waals surface area (Å²) in [5, 5.41) is 1.18. The van der Waals surface area contributed by atoms with Gasteiger partial charge in [-0.25, -0.2) is 0 Å². The summed E-state index contributed by atoms with van der Waals surface area (Å²) in [4.78, 5) is 17.3. The van der Waals surface area contributed by atoms with Gasteiger partial charge in [0.2, 0.25) is 0 Å². The number of nitrogens with one attached hydrogen (secondary N) is 1. The third-order valence-electron chi connectivity index (χ3n) is 1.71. The van der Waals surface area contributed by atoms with Crippen molar-refractivity contribution in [3.05, 3.63) is 29.2 Å². The first-order valence-electron chi connectivity index (χ1n) is 3.39. The van der Waals surface area contributed by atoms with Gasteiger partial charge in [-0.05, 0) is 6.07 Å². The van der Waals surface area contributed by atoms with Gasteiger partial charge in [-0.1, -0.05) is 11.6 Å². The number of carbonyl (C=O) groups is 1. The number of pyridine rings is 1. The van der Waals surface area contributed by atoms with E-state index in [4.69, 9.17) is 11.6 Å². The molecule has 60 valence electrons. The van der Waals surface area contributed by atoms with Crippen LogP contribution < -0.4 is 0 Å². The molecule has 0 aromatic carbocycles. The molecule has 0 radical (unpaired) electrons. The van der Waals surface area contributed by atoms with E-state index in [-0.39, 0.29) is 0 Å². The third kappa shape index (κ3) is 0.905. The zero-order valence-corrected chi connectivity index (χ0v) is 6.80. The molecule has 3 nitrogen and oxygen atoms in total. The number of hydrogen-bond acceptors (Lipinski definition) is 2. The van der Waals surface area contributed by atoms with Gasteiger partial charge in [0.1, 0.15) is 5.15 Å². The van der Waals surface area contributed by atoms with E-state index < -0.39 is 0 Å². The summed E-state index contributed by atoms with van der Waals surface area (Å²) in [6.07, 6.45) is 3.99. The van der Waals surface area contributed by atoms with Gasteiger partial charge in [0.25, 0.3) is 0 Å². The van der Waals surface area contributed by atoms with Crippen LogP contribution in [0.3, 0.4) is 0 Å². The normalized spacial score (nSPS) is 10.4. The van der Waals surface area contributed by atoms with Crippen LogP contribution in [0.5, 0.6) is 0 Å². The van der Waals surface area contributed by atoms with Gasteiger partial charge in [-0.3, -0.25) is 9.78 Å². The maximum atomic E-state index is 10.6. The van der Waals surface area contributed by atoms with Crippen LogP contribution in [0.1, 0.15) is 10.4 Å². The molecule has 2 rings (SSSR count). The van der Waals surface area contributed by atoms with E-state index in [1.807, 2.05) is 0 Å². The summed E-state index contributed by atoms with van der Waals surface area (Å²) in [6.45, 7) is 0. The van der Waals surface area contributed by atoms with Crippen molar-refractivity contribution in [3.8, 4) is 0 Å². The number of aldehydes is 1.